The Morgan fingerprint density at radius 3 is 2.06 bits per heavy atom. The maximum absolute atomic E-state index is 12.6. The molecule has 5 nitrogen and oxygen atoms in total. The molecule has 0 bridgehead atoms. The zero-order valence-corrected chi connectivity index (χ0v) is 20.5. The highest BCUT2D eigenvalue weighted by Gasteiger charge is 2.25. The summed E-state index contributed by atoms with van der Waals surface area (Å²) in [6, 6.07) is 5.54. The van der Waals surface area contributed by atoms with Crippen LogP contribution in [-0.4, -0.2) is 27.5 Å². The molecule has 1 aromatic rings. The standard InChI is InChI=1S/C25H37NO4S/c1-19(2)9-7-10-20(3)11-8-12-21(4)15-18-24(25(27)30-6)26-31(28,29)23-16-13-22(5)14-17-23/h9,11,13-17,24,26H,7-8,10,12,18H2,1-6H3/b20-11+,21-15+. The van der Waals surface area contributed by atoms with Gasteiger partial charge < -0.3 is 4.74 Å². The molecule has 0 fully saturated rings. The number of allylic oxidation sites excluding steroid dienone is 5. The molecule has 0 aliphatic carbocycles. The van der Waals surface area contributed by atoms with E-state index < -0.39 is 22.0 Å². The molecule has 1 unspecified atom stereocenters. The second kappa shape index (κ2) is 13.3. The Morgan fingerprint density at radius 1 is 0.968 bits per heavy atom. The number of hydrogen-bond donors (Lipinski definition) is 1. The van der Waals surface area contributed by atoms with Crippen LogP contribution in [0.2, 0.25) is 0 Å². The van der Waals surface area contributed by atoms with E-state index in [9.17, 15) is 13.2 Å². The van der Waals surface area contributed by atoms with E-state index in [4.69, 9.17) is 4.74 Å². The van der Waals surface area contributed by atoms with Crippen LogP contribution in [0.3, 0.4) is 0 Å². The van der Waals surface area contributed by atoms with Gasteiger partial charge in [-0.1, -0.05) is 52.6 Å². The summed E-state index contributed by atoms with van der Waals surface area (Å²) >= 11 is 0. The Hall–Kier alpha value is -2.18. The van der Waals surface area contributed by atoms with Crippen LogP contribution in [0.5, 0.6) is 0 Å². The van der Waals surface area contributed by atoms with Crippen LogP contribution in [0.1, 0.15) is 65.4 Å². The molecule has 0 heterocycles. The number of aryl methyl sites for hydroxylation is 1. The van der Waals surface area contributed by atoms with Gasteiger partial charge in [0, 0.05) is 0 Å². The number of esters is 1. The lowest BCUT2D eigenvalue weighted by molar-refractivity contribution is -0.142. The summed E-state index contributed by atoms with van der Waals surface area (Å²) in [5.74, 6) is -0.602. The fourth-order valence-corrected chi connectivity index (χ4v) is 4.16. The van der Waals surface area contributed by atoms with E-state index in [-0.39, 0.29) is 11.3 Å². The van der Waals surface area contributed by atoms with Crippen molar-refractivity contribution in [2.45, 2.75) is 77.7 Å². The molecule has 0 aromatic heterocycles. The second-order valence-electron chi connectivity index (χ2n) is 8.21. The molecule has 0 spiro atoms. The van der Waals surface area contributed by atoms with Crippen LogP contribution in [-0.2, 0) is 19.6 Å². The van der Waals surface area contributed by atoms with Crippen molar-refractivity contribution in [3.8, 4) is 0 Å². The van der Waals surface area contributed by atoms with Crippen LogP contribution < -0.4 is 4.72 Å². The Balaban J connectivity index is 2.71. The normalized spacial score (nSPS) is 13.6. The molecular weight excluding hydrogens is 410 g/mol. The average Bonchev–Trinajstić information content (AvgIpc) is 2.70. The number of rotatable bonds is 12. The molecule has 1 rings (SSSR count). The third-order valence-electron chi connectivity index (χ3n) is 4.94. The van der Waals surface area contributed by atoms with Gasteiger partial charge >= 0.3 is 5.97 Å². The van der Waals surface area contributed by atoms with Gasteiger partial charge in [0.2, 0.25) is 10.0 Å². The third kappa shape index (κ3) is 10.6. The fourth-order valence-electron chi connectivity index (χ4n) is 2.97. The molecular formula is C25H37NO4S. The number of ether oxygens (including phenoxy) is 1. The first-order chi connectivity index (χ1) is 14.5. The smallest absolute Gasteiger partial charge is 0.324 e. The zero-order valence-electron chi connectivity index (χ0n) is 19.7. The molecule has 0 radical (unpaired) electrons. The van der Waals surface area contributed by atoms with Crippen molar-refractivity contribution in [3.63, 3.8) is 0 Å². The molecule has 0 aliphatic heterocycles. The van der Waals surface area contributed by atoms with Crippen molar-refractivity contribution in [1.29, 1.82) is 0 Å². The first-order valence-electron chi connectivity index (χ1n) is 10.7. The van der Waals surface area contributed by atoms with Gasteiger partial charge in [0.15, 0.2) is 0 Å². The van der Waals surface area contributed by atoms with Gasteiger partial charge in [0.25, 0.3) is 0 Å². The number of methoxy groups -OCH3 is 1. The SMILES string of the molecule is COC(=O)C(C/C=C(\C)CC/C=C(\C)CCC=C(C)C)NS(=O)(=O)c1ccc(C)cc1. The minimum Gasteiger partial charge on any atom is -0.468 e. The van der Waals surface area contributed by atoms with Gasteiger partial charge in [-0.05, 0) is 78.9 Å². The van der Waals surface area contributed by atoms with Crippen molar-refractivity contribution in [2.24, 2.45) is 0 Å². The maximum atomic E-state index is 12.6. The average molecular weight is 448 g/mol. The van der Waals surface area contributed by atoms with Gasteiger partial charge in [0.05, 0.1) is 12.0 Å². The van der Waals surface area contributed by atoms with E-state index >= 15 is 0 Å². The van der Waals surface area contributed by atoms with Crippen molar-refractivity contribution >= 4 is 16.0 Å². The van der Waals surface area contributed by atoms with Gasteiger partial charge in [0.1, 0.15) is 6.04 Å². The van der Waals surface area contributed by atoms with Crippen LogP contribution in [0, 0.1) is 6.92 Å². The highest BCUT2D eigenvalue weighted by atomic mass is 32.2. The van der Waals surface area contributed by atoms with E-state index in [0.717, 1.165) is 36.8 Å². The predicted octanol–water partition coefficient (Wildman–Crippen LogP) is 5.62. The maximum Gasteiger partial charge on any atom is 0.324 e. The molecule has 1 aromatic carbocycles. The number of nitrogens with one attached hydrogen (secondary N) is 1. The minimum atomic E-state index is -3.82. The van der Waals surface area contributed by atoms with Gasteiger partial charge in [-0.15, -0.1) is 0 Å². The Labute approximate surface area is 188 Å². The molecule has 0 aliphatic rings. The van der Waals surface area contributed by atoms with Gasteiger partial charge in [-0.2, -0.15) is 4.72 Å². The summed E-state index contributed by atoms with van der Waals surface area (Å²) < 4.78 is 32.6. The van der Waals surface area contributed by atoms with Crippen molar-refractivity contribution in [2.75, 3.05) is 7.11 Å². The lowest BCUT2D eigenvalue weighted by Gasteiger charge is -2.16. The summed E-state index contributed by atoms with van der Waals surface area (Å²) in [5, 5.41) is 0. The number of benzene rings is 1. The largest absolute Gasteiger partial charge is 0.468 e. The Morgan fingerprint density at radius 2 is 1.52 bits per heavy atom. The molecule has 6 heteroatoms. The first-order valence-corrected chi connectivity index (χ1v) is 12.1. The molecule has 31 heavy (non-hydrogen) atoms. The Bertz CT molecular complexity index is 905. The number of carbonyl (C=O) groups is 1. The highest BCUT2D eigenvalue weighted by Crippen LogP contribution is 2.15. The van der Waals surface area contributed by atoms with Crippen molar-refractivity contribution in [1.82, 2.24) is 4.72 Å². The molecule has 1 N–H and O–H groups in total. The topological polar surface area (TPSA) is 72.5 Å². The predicted molar refractivity (Wildman–Crippen MR) is 127 cm³/mol. The first kappa shape index (κ1) is 26.9. The third-order valence-corrected chi connectivity index (χ3v) is 6.43. The van der Waals surface area contributed by atoms with E-state index in [1.54, 1.807) is 12.1 Å². The van der Waals surface area contributed by atoms with Crippen LogP contribution in [0.25, 0.3) is 0 Å². The van der Waals surface area contributed by atoms with Gasteiger partial charge in [-0.3, -0.25) is 4.79 Å². The zero-order chi connectivity index (χ0) is 23.4. The molecule has 172 valence electrons. The van der Waals surface area contributed by atoms with E-state index in [1.807, 2.05) is 19.9 Å². The fraction of sp³-hybridized carbons (Fsp3) is 0.480. The summed E-state index contributed by atoms with van der Waals surface area (Å²) in [6.07, 6.45) is 10.5. The molecule has 1 atom stereocenters. The Kier molecular flexibility index (Phi) is 11.5. The monoisotopic (exact) mass is 447 g/mol. The van der Waals surface area contributed by atoms with Crippen molar-refractivity contribution in [3.05, 3.63) is 64.8 Å². The van der Waals surface area contributed by atoms with Crippen molar-refractivity contribution < 1.29 is 17.9 Å². The summed E-state index contributed by atoms with van der Waals surface area (Å²) in [4.78, 5) is 12.3. The van der Waals surface area contributed by atoms with Crippen LogP contribution >= 0.6 is 0 Å². The van der Waals surface area contributed by atoms with E-state index in [0.29, 0.717) is 0 Å². The minimum absolute atomic E-state index is 0.126. The lowest BCUT2D eigenvalue weighted by Crippen LogP contribution is -2.41. The second-order valence-corrected chi connectivity index (χ2v) is 9.92. The van der Waals surface area contributed by atoms with E-state index in [1.165, 1.54) is 30.4 Å². The summed E-state index contributed by atoms with van der Waals surface area (Å²) in [6.45, 7) is 10.2. The van der Waals surface area contributed by atoms with Crippen LogP contribution in [0.15, 0.2) is 64.1 Å². The summed E-state index contributed by atoms with van der Waals surface area (Å²) in [7, 11) is -2.56. The van der Waals surface area contributed by atoms with Crippen LogP contribution in [0.4, 0.5) is 0 Å². The quantitative estimate of drug-likeness (QED) is 0.333. The number of sulfonamides is 1. The molecule has 0 saturated heterocycles. The number of hydrogen-bond acceptors (Lipinski definition) is 4. The lowest BCUT2D eigenvalue weighted by atomic mass is 10.0. The highest BCUT2D eigenvalue weighted by molar-refractivity contribution is 7.89. The number of carbonyl (C=O) groups excluding carboxylic acids is 1. The van der Waals surface area contributed by atoms with E-state index in [2.05, 4.69) is 37.6 Å². The van der Waals surface area contributed by atoms with Gasteiger partial charge in [-0.25, -0.2) is 8.42 Å². The summed E-state index contributed by atoms with van der Waals surface area (Å²) in [5.41, 5.74) is 4.77. The molecule has 0 amide bonds. The molecule has 0 saturated carbocycles.